The molecule has 0 aliphatic heterocycles. The third-order valence-electron chi connectivity index (χ3n) is 2.28. The van der Waals surface area contributed by atoms with Gasteiger partial charge in [-0.25, -0.2) is 4.39 Å². The highest BCUT2D eigenvalue weighted by Crippen LogP contribution is 2.61. The van der Waals surface area contributed by atoms with E-state index >= 15 is 0 Å². The molecule has 0 unspecified atom stereocenters. The second-order valence-corrected chi connectivity index (χ2v) is 5.02. The molecule has 0 bridgehead atoms. The second-order valence-electron chi connectivity index (χ2n) is 3.73. The summed E-state index contributed by atoms with van der Waals surface area (Å²) in [5, 5.41) is 0. The highest BCUT2D eigenvalue weighted by molar-refractivity contribution is 8.01. The number of hydrogen-bond donors (Lipinski definition) is 0. The Hall–Kier alpha value is -1.13. The maximum absolute atomic E-state index is 12.6. The van der Waals surface area contributed by atoms with Gasteiger partial charge in [-0.05, 0) is 24.3 Å². The lowest BCUT2D eigenvalue weighted by molar-refractivity contribution is -0.345. The quantitative estimate of drug-likeness (QED) is 0.514. The van der Waals surface area contributed by atoms with Gasteiger partial charge in [0.15, 0.2) is 0 Å². The van der Waals surface area contributed by atoms with Gasteiger partial charge in [0.05, 0.1) is 0 Å². The summed E-state index contributed by atoms with van der Waals surface area (Å²) in [5.41, 5.74) is 0. The molecule has 0 N–H and O–H groups in total. The van der Waals surface area contributed by atoms with Gasteiger partial charge in [-0.3, -0.25) is 0 Å². The van der Waals surface area contributed by atoms with Crippen LogP contribution in [0, 0.1) is 5.82 Å². The molecule has 21 heavy (non-hydrogen) atoms. The molecule has 120 valence electrons. The lowest BCUT2D eigenvalue weighted by atomic mass is 10.1. The topological polar surface area (TPSA) is 0 Å². The van der Waals surface area contributed by atoms with Crippen molar-refractivity contribution in [2.75, 3.05) is 0 Å². The van der Waals surface area contributed by atoms with Crippen LogP contribution >= 0.6 is 11.8 Å². The molecule has 0 radical (unpaired) electrons. The molecule has 0 atom stereocenters. The molecular weight excluding hydrogens is 342 g/mol. The average Bonchev–Trinajstić information content (AvgIpc) is 2.22. The zero-order valence-electron chi connectivity index (χ0n) is 9.50. The van der Waals surface area contributed by atoms with Crippen LogP contribution in [0.4, 0.5) is 43.9 Å². The van der Waals surface area contributed by atoms with Crippen LogP contribution < -0.4 is 0 Å². The van der Waals surface area contributed by atoms with Crippen molar-refractivity contribution in [1.82, 2.24) is 0 Å². The van der Waals surface area contributed by atoms with Crippen molar-refractivity contribution in [2.45, 2.75) is 28.2 Å². The van der Waals surface area contributed by atoms with E-state index in [1.54, 1.807) is 0 Å². The van der Waals surface area contributed by atoms with Crippen molar-refractivity contribution in [3.05, 3.63) is 30.1 Å². The maximum atomic E-state index is 12.6. The molecule has 1 aromatic carbocycles. The Morgan fingerprint density at radius 1 is 0.619 bits per heavy atom. The van der Waals surface area contributed by atoms with Crippen LogP contribution in [-0.4, -0.2) is 23.3 Å². The molecule has 0 heterocycles. The van der Waals surface area contributed by atoms with Crippen molar-refractivity contribution in [1.29, 1.82) is 0 Å². The Kier molecular flexibility index (Phi) is 4.48. The van der Waals surface area contributed by atoms with E-state index in [4.69, 9.17) is 0 Å². The maximum Gasteiger partial charge on any atom is 0.421 e. The summed E-state index contributed by atoms with van der Waals surface area (Å²) < 4.78 is 120. The fourth-order valence-electron chi connectivity index (χ4n) is 1.34. The molecule has 0 aliphatic carbocycles. The summed E-state index contributed by atoms with van der Waals surface area (Å²) in [5.74, 6) is -1.02. The predicted molar refractivity (Wildman–Crippen MR) is 53.2 cm³/mol. The van der Waals surface area contributed by atoms with Crippen LogP contribution in [0.2, 0.25) is 0 Å². The van der Waals surface area contributed by atoms with Crippen molar-refractivity contribution >= 4 is 11.8 Å². The molecule has 0 amide bonds. The first kappa shape index (κ1) is 17.9. The molecule has 1 aromatic rings. The minimum atomic E-state index is -6.65. The summed E-state index contributed by atoms with van der Waals surface area (Å²) in [6.45, 7) is 0. The van der Waals surface area contributed by atoms with E-state index in [9.17, 15) is 43.9 Å². The number of hydrogen-bond acceptors (Lipinski definition) is 1. The minimum Gasteiger partial charge on any atom is -0.207 e. The van der Waals surface area contributed by atoms with Crippen LogP contribution in [0.15, 0.2) is 29.2 Å². The first-order valence-electron chi connectivity index (χ1n) is 4.87. The van der Waals surface area contributed by atoms with Gasteiger partial charge in [0, 0.05) is 4.90 Å². The van der Waals surface area contributed by atoms with Gasteiger partial charge >= 0.3 is 23.3 Å². The molecule has 0 aromatic heterocycles. The number of alkyl halides is 9. The van der Waals surface area contributed by atoms with Crippen molar-refractivity contribution in [3.63, 3.8) is 0 Å². The van der Waals surface area contributed by atoms with E-state index in [1.807, 2.05) is 0 Å². The number of rotatable bonds is 2. The molecule has 0 aliphatic rings. The molecule has 11 heteroatoms. The molecule has 1 rings (SSSR count). The first-order valence-corrected chi connectivity index (χ1v) is 5.69. The lowest BCUT2D eigenvalue weighted by Crippen LogP contribution is -2.63. The average molecular weight is 346 g/mol. The molecule has 0 saturated heterocycles. The van der Waals surface area contributed by atoms with Crippen LogP contribution in [0.25, 0.3) is 0 Å². The van der Waals surface area contributed by atoms with Crippen LogP contribution in [0.5, 0.6) is 0 Å². The van der Waals surface area contributed by atoms with Gasteiger partial charge in [-0.1, -0.05) is 11.8 Å². The summed E-state index contributed by atoms with van der Waals surface area (Å²) in [6, 6.07) is 1.71. The Balaban J connectivity index is 3.47. The van der Waals surface area contributed by atoms with Crippen LogP contribution in [-0.2, 0) is 0 Å². The molecule has 0 nitrogen and oxygen atoms in total. The van der Waals surface area contributed by atoms with E-state index in [0.29, 0.717) is 24.3 Å². The van der Waals surface area contributed by atoms with Gasteiger partial charge in [0.2, 0.25) is 0 Å². The summed E-state index contributed by atoms with van der Waals surface area (Å²) in [6.07, 6.45) is -20.0. The Morgan fingerprint density at radius 2 is 0.952 bits per heavy atom. The summed E-state index contributed by atoms with van der Waals surface area (Å²) >= 11 is -1.48. The van der Waals surface area contributed by atoms with Gasteiger partial charge in [-0.15, -0.1) is 0 Å². The molecule has 0 fully saturated rings. The van der Waals surface area contributed by atoms with Crippen LogP contribution in [0.3, 0.4) is 0 Å². The van der Waals surface area contributed by atoms with Crippen molar-refractivity contribution < 1.29 is 43.9 Å². The van der Waals surface area contributed by atoms with Crippen molar-refractivity contribution in [3.8, 4) is 0 Å². The van der Waals surface area contributed by atoms with Crippen molar-refractivity contribution in [2.24, 2.45) is 0 Å². The standard InChI is InChI=1S/C10H4F10S/c11-5-1-3-6(4-2-5)21-7(8(12,13)14,9(15,16)17)10(18,19)20/h1-4H. The highest BCUT2D eigenvalue weighted by Gasteiger charge is 2.84. The number of halogens is 10. The van der Waals surface area contributed by atoms with Gasteiger partial charge in [-0.2, -0.15) is 39.5 Å². The molecular formula is C10H4F10S. The Morgan fingerprint density at radius 3 is 1.24 bits per heavy atom. The predicted octanol–water partition coefficient (Wildman–Crippen LogP) is 5.34. The number of thioether (sulfide) groups is 1. The van der Waals surface area contributed by atoms with E-state index < -0.39 is 45.8 Å². The van der Waals surface area contributed by atoms with E-state index in [-0.39, 0.29) is 0 Å². The van der Waals surface area contributed by atoms with E-state index in [0.717, 1.165) is 0 Å². The lowest BCUT2D eigenvalue weighted by Gasteiger charge is -2.37. The minimum absolute atomic E-state index is 0.401. The van der Waals surface area contributed by atoms with Crippen LogP contribution in [0.1, 0.15) is 0 Å². The second kappa shape index (κ2) is 5.25. The van der Waals surface area contributed by atoms with Gasteiger partial charge in [0.1, 0.15) is 5.82 Å². The third kappa shape index (κ3) is 3.22. The smallest absolute Gasteiger partial charge is 0.207 e. The monoisotopic (exact) mass is 346 g/mol. The third-order valence-corrected chi connectivity index (χ3v) is 3.79. The SMILES string of the molecule is Fc1ccc(SC(C(F)(F)F)(C(F)(F)F)C(F)(F)F)cc1. The highest BCUT2D eigenvalue weighted by atomic mass is 32.2. The number of benzene rings is 1. The fraction of sp³-hybridized carbons (Fsp3) is 0.400. The summed E-state index contributed by atoms with van der Waals surface area (Å²) in [7, 11) is 0. The van der Waals surface area contributed by atoms with E-state index in [1.165, 1.54) is 0 Å². The zero-order valence-corrected chi connectivity index (χ0v) is 10.3. The Bertz CT molecular complexity index is 444. The fourth-order valence-corrected chi connectivity index (χ4v) is 2.31. The first-order chi connectivity index (χ1) is 9.22. The van der Waals surface area contributed by atoms with E-state index in [2.05, 4.69) is 0 Å². The van der Waals surface area contributed by atoms with Gasteiger partial charge in [0.25, 0.3) is 0 Å². The molecule has 0 saturated carbocycles. The largest absolute Gasteiger partial charge is 0.421 e. The normalized spacial score (nSPS) is 14.4. The zero-order chi connectivity index (χ0) is 16.7. The summed E-state index contributed by atoms with van der Waals surface area (Å²) in [4.78, 5) is -1.02. The Labute approximate surface area is 115 Å². The molecule has 0 spiro atoms. The van der Waals surface area contributed by atoms with Gasteiger partial charge < -0.3 is 0 Å².